The Bertz CT molecular complexity index is 975. The molecule has 0 radical (unpaired) electrons. The predicted molar refractivity (Wildman–Crippen MR) is 166 cm³/mol. The molecule has 8 heteroatoms. The van der Waals surface area contributed by atoms with Gasteiger partial charge in [0.2, 0.25) is 17.7 Å². The fourth-order valence-electron chi connectivity index (χ4n) is 6.12. The number of hydrogen-bond donors (Lipinski definition) is 2. The van der Waals surface area contributed by atoms with Crippen molar-refractivity contribution in [2.45, 2.75) is 109 Å². The van der Waals surface area contributed by atoms with E-state index in [4.69, 9.17) is 0 Å². The van der Waals surface area contributed by atoms with E-state index in [1.54, 1.807) is 19.0 Å². The SMILES string of the molecule is CC(C)C[C@H](O)[C@H](O)[C@H](CC1CCCCC1)N(CC1CC1)C(=O)CCC(=O)N(CCc1ccccc1)CC(=O)N(C)C. The largest absolute Gasteiger partial charge is 0.390 e. The molecule has 3 rings (SSSR count). The number of aliphatic hydroxyl groups excluding tert-OH is 2. The van der Waals surface area contributed by atoms with Crippen LogP contribution in [0.15, 0.2) is 30.3 Å². The van der Waals surface area contributed by atoms with Gasteiger partial charge in [-0.25, -0.2) is 0 Å². The van der Waals surface area contributed by atoms with Crippen molar-refractivity contribution in [1.29, 1.82) is 0 Å². The average Bonchev–Trinajstić information content (AvgIpc) is 3.80. The number of nitrogens with zero attached hydrogens (tertiary/aromatic N) is 3. The van der Waals surface area contributed by atoms with E-state index in [1.807, 2.05) is 49.1 Å². The molecule has 0 spiro atoms. The Morgan fingerprint density at radius 3 is 2.10 bits per heavy atom. The van der Waals surface area contributed by atoms with Crippen LogP contribution in [0.2, 0.25) is 0 Å². The normalized spacial score (nSPS) is 17.9. The van der Waals surface area contributed by atoms with Crippen LogP contribution in [0.5, 0.6) is 0 Å². The molecule has 0 saturated heterocycles. The van der Waals surface area contributed by atoms with Gasteiger partial charge in [-0.15, -0.1) is 0 Å². The quantitative estimate of drug-likeness (QED) is 0.284. The fraction of sp³-hybridized carbons (Fsp3) is 0.735. The summed E-state index contributed by atoms with van der Waals surface area (Å²) in [5.41, 5.74) is 1.08. The first-order valence-corrected chi connectivity index (χ1v) is 16.2. The Morgan fingerprint density at radius 1 is 0.857 bits per heavy atom. The van der Waals surface area contributed by atoms with Crippen molar-refractivity contribution in [1.82, 2.24) is 14.7 Å². The van der Waals surface area contributed by atoms with Crippen molar-refractivity contribution >= 4 is 17.7 Å². The summed E-state index contributed by atoms with van der Waals surface area (Å²) in [7, 11) is 3.35. The second kappa shape index (κ2) is 17.0. The van der Waals surface area contributed by atoms with Crippen molar-refractivity contribution < 1.29 is 24.6 Å². The van der Waals surface area contributed by atoms with Crippen LogP contribution in [-0.4, -0.2) is 94.6 Å². The van der Waals surface area contributed by atoms with Gasteiger partial charge in [-0.3, -0.25) is 14.4 Å². The summed E-state index contributed by atoms with van der Waals surface area (Å²) < 4.78 is 0. The Kier molecular flexibility index (Phi) is 13.8. The molecule has 2 saturated carbocycles. The van der Waals surface area contributed by atoms with Gasteiger partial charge < -0.3 is 24.9 Å². The van der Waals surface area contributed by atoms with Gasteiger partial charge in [0, 0.05) is 40.0 Å². The number of rotatable bonds is 17. The van der Waals surface area contributed by atoms with Crippen LogP contribution in [0.4, 0.5) is 0 Å². The topological polar surface area (TPSA) is 101 Å². The first-order chi connectivity index (χ1) is 20.0. The monoisotopic (exact) mass is 585 g/mol. The van der Waals surface area contributed by atoms with Crippen LogP contribution < -0.4 is 0 Å². The summed E-state index contributed by atoms with van der Waals surface area (Å²) in [6.07, 6.45) is 7.74. The molecular formula is C34H55N3O5. The molecule has 1 aromatic rings. The highest BCUT2D eigenvalue weighted by molar-refractivity contribution is 5.87. The number of carbonyl (C=O) groups excluding carboxylic acids is 3. The van der Waals surface area contributed by atoms with Gasteiger partial charge in [0.25, 0.3) is 0 Å². The zero-order valence-electron chi connectivity index (χ0n) is 26.4. The lowest BCUT2D eigenvalue weighted by Gasteiger charge is -2.40. The van der Waals surface area contributed by atoms with Gasteiger partial charge in [0.1, 0.15) is 6.10 Å². The van der Waals surface area contributed by atoms with Gasteiger partial charge in [-0.05, 0) is 55.4 Å². The molecule has 42 heavy (non-hydrogen) atoms. The summed E-state index contributed by atoms with van der Waals surface area (Å²) in [4.78, 5) is 44.7. The number of likely N-dealkylation sites (N-methyl/N-ethyl adjacent to an activating group) is 1. The highest BCUT2D eigenvalue weighted by atomic mass is 16.3. The maximum Gasteiger partial charge on any atom is 0.241 e. The molecule has 2 fully saturated rings. The molecule has 3 atom stereocenters. The van der Waals surface area contributed by atoms with Gasteiger partial charge >= 0.3 is 0 Å². The number of hydrogen-bond acceptors (Lipinski definition) is 5. The van der Waals surface area contributed by atoms with E-state index in [2.05, 4.69) is 0 Å². The summed E-state index contributed by atoms with van der Waals surface area (Å²) in [5.74, 6) is 0.535. The molecule has 2 N–H and O–H groups in total. The second-order valence-corrected chi connectivity index (χ2v) is 13.3. The minimum Gasteiger partial charge on any atom is -0.390 e. The van der Waals surface area contributed by atoms with Gasteiger partial charge in [-0.1, -0.05) is 76.3 Å². The van der Waals surface area contributed by atoms with E-state index in [0.717, 1.165) is 44.1 Å². The molecule has 2 aliphatic rings. The van der Waals surface area contributed by atoms with E-state index in [1.165, 1.54) is 11.3 Å². The summed E-state index contributed by atoms with van der Waals surface area (Å²) in [6.45, 7) is 4.98. The van der Waals surface area contributed by atoms with Crippen molar-refractivity contribution in [2.24, 2.45) is 17.8 Å². The molecule has 0 bridgehead atoms. The van der Waals surface area contributed by atoms with Crippen molar-refractivity contribution in [3.63, 3.8) is 0 Å². The minimum atomic E-state index is -1.02. The van der Waals surface area contributed by atoms with E-state index in [-0.39, 0.29) is 43.0 Å². The van der Waals surface area contributed by atoms with E-state index < -0.39 is 18.2 Å². The zero-order chi connectivity index (χ0) is 30.6. The molecule has 2 aliphatic carbocycles. The van der Waals surface area contributed by atoms with E-state index in [0.29, 0.717) is 44.2 Å². The maximum atomic E-state index is 13.9. The van der Waals surface area contributed by atoms with Crippen molar-refractivity contribution in [3.8, 4) is 0 Å². The third kappa shape index (κ3) is 11.3. The van der Waals surface area contributed by atoms with Crippen LogP contribution in [0, 0.1) is 17.8 Å². The molecule has 0 heterocycles. The van der Waals surface area contributed by atoms with Crippen LogP contribution in [-0.2, 0) is 20.8 Å². The third-order valence-corrected chi connectivity index (χ3v) is 8.92. The average molecular weight is 586 g/mol. The minimum absolute atomic E-state index is 0.0102. The molecule has 236 valence electrons. The van der Waals surface area contributed by atoms with Gasteiger partial charge in [0.05, 0.1) is 18.7 Å². The van der Waals surface area contributed by atoms with E-state index in [9.17, 15) is 24.6 Å². The summed E-state index contributed by atoms with van der Waals surface area (Å²) in [5, 5.41) is 22.4. The number of benzene rings is 1. The summed E-state index contributed by atoms with van der Waals surface area (Å²) >= 11 is 0. The Balaban J connectivity index is 1.72. The van der Waals surface area contributed by atoms with Crippen molar-refractivity contribution in [2.75, 3.05) is 33.7 Å². The highest BCUT2D eigenvalue weighted by Crippen LogP contribution is 2.35. The van der Waals surface area contributed by atoms with Crippen LogP contribution in [0.25, 0.3) is 0 Å². The lowest BCUT2D eigenvalue weighted by atomic mass is 9.81. The molecule has 1 aromatic carbocycles. The Hall–Kier alpha value is -2.45. The predicted octanol–water partition coefficient (Wildman–Crippen LogP) is 4.27. The number of amides is 3. The number of aliphatic hydroxyl groups is 2. The third-order valence-electron chi connectivity index (χ3n) is 8.92. The maximum absolute atomic E-state index is 13.9. The van der Waals surface area contributed by atoms with E-state index >= 15 is 0 Å². The fourth-order valence-corrected chi connectivity index (χ4v) is 6.12. The molecule has 0 aromatic heterocycles. The van der Waals surface area contributed by atoms with Crippen LogP contribution in [0.1, 0.15) is 90.0 Å². The van der Waals surface area contributed by atoms with Crippen LogP contribution >= 0.6 is 0 Å². The molecule has 0 aliphatic heterocycles. The van der Waals surface area contributed by atoms with Crippen LogP contribution in [0.3, 0.4) is 0 Å². The molecule has 0 unspecified atom stereocenters. The first-order valence-electron chi connectivity index (χ1n) is 16.2. The van der Waals surface area contributed by atoms with Gasteiger partial charge in [-0.2, -0.15) is 0 Å². The molecule has 8 nitrogen and oxygen atoms in total. The molecular weight excluding hydrogens is 530 g/mol. The Labute approximate surface area is 253 Å². The van der Waals surface area contributed by atoms with Gasteiger partial charge in [0.15, 0.2) is 0 Å². The lowest BCUT2D eigenvalue weighted by molar-refractivity contribution is -0.144. The summed E-state index contributed by atoms with van der Waals surface area (Å²) in [6, 6.07) is 9.39. The standard InChI is InChI=1S/C34H55N3O5/c1-25(2)21-30(38)34(42)29(22-27-13-9-6-10-14-27)37(23-28-15-16-28)32(40)18-17-31(39)36(24-33(41)35(3)4)20-19-26-11-7-5-8-12-26/h5,7-8,11-12,25,27-30,34,38,42H,6,9-10,13-24H2,1-4H3/t29-,30-,34+/m0/s1. The van der Waals surface area contributed by atoms with Crippen molar-refractivity contribution in [3.05, 3.63) is 35.9 Å². The zero-order valence-corrected chi connectivity index (χ0v) is 26.4. The lowest BCUT2D eigenvalue weighted by Crippen LogP contribution is -2.53. The second-order valence-electron chi connectivity index (χ2n) is 13.3. The number of carbonyl (C=O) groups is 3. The first kappa shape index (κ1) is 34.0. The highest BCUT2D eigenvalue weighted by Gasteiger charge is 2.38. The smallest absolute Gasteiger partial charge is 0.241 e. The Morgan fingerprint density at radius 2 is 1.50 bits per heavy atom. The molecule has 3 amide bonds.